The van der Waals surface area contributed by atoms with E-state index in [2.05, 4.69) is 19.9 Å². The van der Waals surface area contributed by atoms with Crippen LogP contribution < -0.4 is 19.7 Å². The van der Waals surface area contributed by atoms with Gasteiger partial charge in [0.15, 0.2) is 11.8 Å². The van der Waals surface area contributed by atoms with Gasteiger partial charge in [-0.25, -0.2) is 12.8 Å². The lowest BCUT2D eigenvalue weighted by Crippen LogP contribution is -2.46. The van der Waals surface area contributed by atoms with E-state index in [4.69, 9.17) is 16.3 Å². The highest BCUT2D eigenvalue weighted by Gasteiger charge is 2.23. The summed E-state index contributed by atoms with van der Waals surface area (Å²) in [6.07, 6.45) is 1.49. The first-order chi connectivity index (χ1) is 16.3. The second-order valence-corrected chi connectivity index (χ2v) is 11.0. The Labute approximate surface area is 207 Å². The van der Waals surface area contributed by atoms with Gasteiger partial charge in [-0.15, -0.1) is 0 Å². The Balaban J connectivity index is 1.24. The SMILES string of the molecule is O=C(COc1ccc(F)c(Cl)c1)NC1CCN(c2ccc(S(=O)(=O)NC3=NCCS3)cc2)CC1. The highest BCUT2D eigenvalue weighted by molar-refractivity contribution is 8.15. The maximum atomic E-state index is 13.2. The van der Waals surface area contributed by atoms with Crippen LogP contribution in [0.25, 0.3) is 0 Å². The predicted octanol–water partition coefficient (Wildman–Crippen LogP) is 3.02. The molecule has 182 valence electrons. The third-order valence-electron chi connectivity index (χ3n) is 5.44. The minimum Gasteiger partial charge on any atom is -0.484 e. The lowest BCUT2D eigenvalue weighted by atomic mass is 10.0. The number of hydrogen-bond acceptors (Lipinski definition) is 7. The molecule has 0 atom stereocenters. The van der Waals surface area contributed by atoms with E-state index in [1.165, 1.54) is 30.0 Å². The van der Waals surface area contributed by atoms with Crippen molar-refractivity contribution in [2.75, 3.05) is 36.9 Å². The summed E-state index contributed by atoms with van der Waals surface area (Å²) in [6, 6.07) is 10.7. The van der Waals surface area contributed by atoms with Crippen LogP contribution in [-0.4, -0.2) is 57.5 Å². The van der Waals surface area contributed by atoms with Gasteiger partial charge < -0.3 is 15.0 Å². The van der Waals surface area contributed by atoms with Crippen molar-refractivity contribution in [3.63, 3.8) is 0 Å². The van der Waals surface area contributed by atoms with E-state index in [1.807, 2.05) is 0 Å². The van der Waals surface area contributed by atoms with Crippen molar-refractivity contribution in [1.29, 1.82) is 0 Å². The molecule has 34 heavy (non-hydrogen) atoms. The molecule has 1 amide bonds. The highest BCUT2D eigenvalue weighted by atomic mass is 35.5. The average molecular weight is 527 g/mol. The van der Waals surface area contributed by atoms with Gasteiger partial charge in [0.25, 0.3) is 15.9 Å². The highest BCUT2D eigenvalue weighted by Crippen LogP contribution is 2.23. The predicted molar refractivity (Wildman–Crippen MR) is 132 cm³/mol. The number of amidine groups is 1. The van der Waals surface area contributed by atoms with Crippen LogP contribution in [0.3, 0.4) is 0 Å². The number of halogens is 2. The number of thioether (sulfide) groups is 1. The number of carbonyl (C=O) groups is 1. The lowest BCUT2D eigenvalue weighted by Gasteiger charge is -2.34. The molecular formula is C22H24ClFN4O4S2. The summed E-state index contributed by atoms with van der Waals surface area (Å²) in [7, 11) is -3.65. The Morgan fingerprint density at radius 1 is 1.21 bits per heavy atom. The van der Waals surface area contributed by atoms with Gasteiger partial charge in [-0.1, -0.05) is 23.4 Å². The van der Waals surface area contributed by atoms with Crippen LogP contribution >= 0.6 is 23.4 Å². The number of benzene rings is 2. The Hall–Kier alpha value is -2.50. The number of rotatable bonds is 7. The number of piperidine rings is 1. The number of aliphatic imine (C=N–C) groups is 1. The first-order valence-corrected chi connectivity index (χ1v) is 13.6. The first kappa shape index (κ1) is 24.6. The quantitative estimate of drug-likeness (QED) is 0.575. The number of anilines is 1. The molecule has 1 fully saturated rings. The Bertz CT molecular complexity index is 1170. The number of hydrogen-bond donors (Lipinski definition) is 2. The van der Waals surface area contributed by atoms with E-state index < -0.39 is 15.8 Å². The van der Waals surface area contributed by atoms with Crippen molar-refractivity contribution in [3.8, 4) is 5.75 Å². The molecule has 2 heterocycles. The summed E-state index contributed by atoms with van der Waals surface area (Å²) in [6.45, 7) is 1.87. The summed E-state index contributed by atoms with van der Waals surface area (Å²) < 4.78 is 46.1. The lowest BCUT2D eigenvalue weighted by molar-refractivity contribution is -0.123. The molecule has 0 aromatic heterocycles. The van der Waals surface area contributed by atoms with Crippen LogP contribution in [0, 0.1) is 5.82 Å². The molecule has 2 aliphatic rings. The third-order valence-corrected chi connectivity index (χ3v) is 8.11. The fourth-order valence-electron chi connectivity index (χ4n) is 3.67. The average Bonchev–Trinajstić information content (AvgIpc) is 3.33. The molecule has 12 heteroatoms. The molecule has 0 radical (unpaired) electrons. The molecule has 0 spiro atoms. The Morgan fingerprint density at radius 3 is 2.59 bits per heavy atom. The van der Waals surface area contributed by atoms with Gasteiger partial charge >= 0.3 is 0 Å². The molecule has 0 unspecified atom stereocenters. The summed E-state index contributed by atoms with van der Waals surface area (Å²) in [5.74, 6) is 0.304. The van der Waals surface area contributed by atoms with Gasteiger partial charge in [0, 0.05) is 36.6 Å². The van der Waals surface area contributed by atoms with Crippen LogP contribution in [0.1, 0.15) is 12.8 Å². The molecule has 1 saturated heterocycles. The van der Waals surface area contributed by atoms with E-state index in [1.54, 1.807) is 24.3 Å². The molecule has 2 aromatic rings. The van der Waals surface area contributed by atoms with Gasteiger partial charge in [-0.3, -0.25) is 14.5 Å². The Kier molecular flexibility index (Phi) is 7.84. The van der Waals surface area contributed by atoms with Gasteiger partial charge in [-0.05, 0) is 49.2 Å². The van der Waals surface area contributed by atoms with E-state index >= 15 is 0 Å². The second kappa shape index (κ2) is 10.8. The van der Waals surface area contributed by atoms with Crippen LogP contribution in [0.5, 0.6) is 5.75 Å². The van der Waals surface area contributed by atoms with Crippen LogP contribution in [0.2, 0.25) is 5.02 Å². The molecule has 2 aliphatic heterocycles. The number of nitrogens with zero attached hydrogens (tertiary/aromatic N) is 2. The number of nitrogens with one attached hydrogen (secondary N) is 2. The molecule has 0 bridgehead atoms. The summed E-state index contributed by atoms with van der Waals surface area (Å²) in [5, 5.41) is 3.32. The Morgan fingerprint density at radius 2 is 1.94 bits per heavy atom. The van der Waals surface area contributed by atoms with Crippen molar-refractivity contribution >= 4 is 50.1 Å². The molecular weight excluding hydrogens is 503 g/mol. The zero-order valence-corrected chi connectivity index (χ0v) is 20.6. The summed E-state index contributed by atoms with van der Waals surface area (Å²) in [4.78, 5) is 18.7. The fourth-order valence-corrected chi connectivity index (χ4v) is 5.87. The van der Waals surface area contributed by atoms with Gasteiger partial charge in [0.1, 0.15) is 11.6 Å². The smallest absolute Gasteiger partial charge is 0.263 e. The largest absolute Gasteiger partial charge is 0.484 e. The van der Waals surface area contributed by atoms with E-state index in [0.29, 0.717) is 17.5 Å². The number of ether oxygens (including phenoxy) is 1. The zero-order valence-electron chi connectivity index (χ0n) is 18.2. The van der Waals surface area contributed by atoms with Crippen LogP contribution in [0.15, 0.2) is 52.4 Å². The molecule has 0 saturated carbocycles. The third kappa shape index (κ3) is 6.34. The minimum atomic E-state index is -3.65. The van der Waals surface area contributed by atoms with Crippen LogP contribution in [0.4, 0.5) is 10.1 Å². The fraction of sp³-hybridized carbons (Fsp3) is 0.364. The molecule has 0 aliphatic carbocycles. The zero-order chi connectivity index (χ0) is 24.1. The van der Waals surface area contributed by atoms with Crippen molar-refractivity contribution < 1.29 is 22.3 Å². The van der Waals surface area contributed by atoms with Gasteiger partial charge in [-0.2, -0.15) is 0 Å². The van der Waals surface area contributed by atoms with Crippen LogP contribution in [-0.2, 0) is 14.8 Å². The van der Waals surface area contributed by atoms with E-state index in [0.717, 1.165) is 37.4 Å². The van der Waals surface area contributed by atoms with Crippen molar-refractivity contribution in [2.45, 2.75) is 23.8 Å². The number of carbonyl (C=O) groups excluding carboxylic acids is 1. The maximum Gasteiger partial charge on any atom is 0.263 e. The van der Waals surface area contributed by atoms with Crippen molar-refractivity contribution in [3.05, 3.63) is 53.3 Å². The standard InChI is InChI=1S/C22H24ClFN4O4S2/c23-19-13-17(3-6-20(19)24)32-14-21(29)26-15-7-10-28(11-8-15)16-1-4-18(5-2-16)34(30,31)27-22-25-9-12-33-22/h1-6,13,15H,7-12,14H2,(H,25,27)(H,26,29). The molecule has 2 aromatic carbocycles. The summed E-state index contributed by atoms with van der Waals surface area (Å²) in [5.41, 5.74) is 0.924. The molecule has 4 rings (SSSR count). The normalized spacial score (nSPS) is 16.8. The number of sulfonamides is 1. The molecule has 8 nitrogen and oxygen atoms in total. The van der Waals surface area contributed by atoms with Crippen molar-refractivity contribution in [1.82, 2.24) is 10.0 Å². The van der Waals surface area contributed by atoms with E-state index in [-0.39, 0.29) is 28.5 Å². The minimum absolute atomic E-state index is 0.0118. The van der Waals surface area contributed by atoms with Crippen molar-refractivity contribution in [2.24, 2.45) is 4.99 Å². The molecule has 2 N–H and O–H groups in total. The van der Waals surface area contributed by atoms with E-state index in [9.17, 15) is 17.6 Å². The number of amides is 1. The second-order valence-electron chi connectivity index (χ2n) is 7.83. The first-order valence-electron chi connectivity index (χ1n) is 10.7. The summed E-state index contributed by atoms with van der Waals surface area (Å²) >= 11 is 7.11. The van der Waals surface area contributed by atoms with Gasteiger partial charge in [0.05, 0.1) is 16.5 Å². The topological polar surface area (TPSA) is 100 Å². The maximum absolute atomic E-state index is 13.2. The van der Waals surface area contributed by atoms with Gasteiger partial charge in [0.2, 0.25) is 0 Å². The monoisotopic (exact) mass is 526 g/mol.